The van der Waals surface area contributed by atoms with Gasteiger partial charge in [-0.3, -0.25) is 0 Å². The fourth-order valence-electron chi connectivity index (χ4n) is 5.33. The highest BCUT2D eigenvalue weighted by Gasteiger charge is 2.40. The topological polar surface area (TPSA) is 3.24 Å². The van der Waals surface area contributed by atoms with Crippen molar-refractivity contribution in [2.45, 2.75) is 38.6 Å². The Kier molecular flexibility index (Phi) is 5.42. The Morgan fingerprint density at radius 2 is 1.48 bits per heavy atom. The van der Waals surface area contributed by atoms with Gasteiger partial charge < -0.3 is 4.90 Å². The van der Waals surface area contributed by atoms with Crippen LogP contribution in [0.5, 0.6) is 0 Å². The van der Waals surface area contributed by atoms with Gasteiger partial charge in [-0.25, -0.2) is 0 Å². The number of benzene rings is 3. The van der Waals surface area contributed by atoms with Crippen LogP contribution in [0.1, 0.15) is 48.9 Å². The largest absolute Gasteiger partial charge is 0.343 e. The van der Waals surface area contributed by atoms with E-state index in [1.54, 1.807) is 0 Å². The zero-order valence-corrected chi connectivity index (χ0v) is 19.6. The summed E-state index contributed by atoms with van der Waals surface area (Å²) in [6.45, 7) is 14.5. The lowest BCUT2D eigenvalue weighted by Crippen LogP contribution is -2.21. The molecule has 0 saturated carbocycles. The molecule has 0 unspecified atom stereocenters. The van der Waals surface area contributed by atoms with Crippen LogP contribution in [0.15, 0.2) is 115 Å². The monoisotopic (exact) mass is 429 g/mol. The Bertz CT molecular complexity index is 1290. The van der Waals surface area contributed by atoms with Crippen molar-refractivity contribution in [2.24, 2.45) is 0 Å². The zero-order chi connectivity index (χ0) is 23.0. The Morgan fingerprint density at radius 1 is 0.818 bits per heavy atom. The highest BCUT2D eigenvalue weighted by Crippen LogP contribution is 2.55. The number of rotatable bonds is 2. The lowest BCUT2D eigenvalue weighted by Gasteiger charge is -2.30. The van der Waals surface area contributed by atoms with E-state index in [1.807, 2.05) is 0 Å². The summed E-state index contributed by atoms with van der Waals surface area (Å²) >= 11 is 0. The number of allylic oxidation sites excluding steroid dienone is 5. The van der Waals surface area contributed by atoms with Gasteiger partial charge in [0.25, 0.3) is 0 Å². The van der Waals surface area contributed by atoms with E-state index >= 15 is 0 Å². The summed E-state index contributed by atoms with van der Waals surface area (Å²) in [5, 5.41) is 0. The van der Waals surface area contributed by atoms with Gasteiger partial charge in [0.2, 0.25) is 0 Å². The van der Waals surface area contributed by atoms with Crippen LogP contribution in [-0.4, -0.2) is 0 Å². The van der Waals surface area contributed by atoms with Crippen molar-refractivity contribution in [3.8, 4) is 0 Å². The molecule has 1 heterocycles. The molecule has 1 heteroatoms. The molecule has 0 amide bonds. The fourth-order valence-corrected chi connectivity index (χ4v) is 5.33. The van der Waals surface area contributed by atoms with Crippen LogP contribution >= 0.6 is 0 Å². The van der Waals surface area contributed by atoms with Crippen LogP contribution in [0.4, 0.5) is 5.69 Å². The second kappa shape index (κ2) is 8.41. The third-order valence-corrected chi connectivity index (χ3v) is 7.05. The molecular formula is C32H31N. The number of para-hydroxylation sites is 1. The standard InChI is InChI=1S/C32H31N/c1-23-14-12-13-21-33(22-25-15-6-5-7-16-25)29-20-11-9-18-27(29)31-30(24(23)2)26-17-8-10-19-28(26)32(31,3)4/h5-11,13,15-21H,1-2,12,14,22H2,3-4H3/b21-13-. The van der Waals surface area contributed by atoms with Crippen molar-refractivity contribution < 1.29 is 0 Å². The average molecular weight is 430 g/mol. The Morgan fingerprint density at radius 3 is 2.27 bits per heavy atom. The van der Waals surface area contributed by atoms with Crippen LogP contribution < -0.4 is 4.90 Å². The maximum absolute atomic E-state index is 4.57. The summed E-state index contributed by atoms with van der Waals surface area (Å²) in [6.07, 6.45) is 6.37. The molecule has 0 bridgehead atoms. The van der Waals surface area contributed by atoms with E-state index in [1.165, 1.54) is 39.1 Å². The Labute approximate surface area is 198 Å². The summed E-state index contributed by atoms with van der Waals surface area (Å²) < 4.78 is 0. The summed E-state index contributed by atoms with van der Waals surface area (Å²) in [5.41, 5.74) is 11.1. The smallest absolute Gasteiger partial charge is 0.0486 e. The number of nitrogens with zero attached hydrogens (tertiary/aromatic N) is 1. The zero-order valence-electron chi connectivity index (χ0n) is 19.6. The van der Waals surface area contributed by atoms with E-state index in [9.17, 15) is 0 Å². The average Bonchev–Trinajstić information content (AvgIpc) is 3.06. The Balaban J connectivity index is 1.77. The molecule has 5 rings (SSSR count). The molecule has 33 heavy (non-hydrogen) atoms. The van der Waals surface area contributed by atoms with Crippen LogP contribution in [0.2, 0.25) is 0 Å². The number of fused-ring (bicyclic) bond motifs is 4. The van der Waals surface area contributed by atoms with E-state index in [-0.39, 0.29) is 5.41 Å². The summed E-state index contributed by atoms with van der Waals surface area (Å²) in [7, 11) is 0. The quantitative estimate of drug-likeness (QED) is 0.396. The second-order valence-electron chi connectivity index (χ2n) is 9.56. The van der Waals surface area contributed by atoms with E-state index < -0.39 is 0 Å². The molecule has 0 aromatic heterocycles. The predicted octanol–water partition coefficient (Wildman–Crippen LogP) is 8.32. The first kappa shape index (κ1) is 21.3. The van der Waals surface area contributed by atoms with Gasteiger partial charge in [0, 0.05) is 29.4 Å². The molecular weight excluding hydrogens is 398 g/mol. The van der Waals surface area contributed by atoms with E-state index in [0.717, 1.165) is 30.5 Å². The summed E-state index contributed by atoms with van der Waals surface area (Å²) in [4.78, 5) is 2.39. The van der Waals surface area contributed by atoms with Crippen LogP contribution in [-0.2, 0) is 12.0 Å². The van der Waals surface area contributed by atoms with Gasteiger partial charge in [-0.15, -0.1) is 0 Å². The van der Waals surface area contributed by atoms with E-state index in [2.05, 4.69) is 123 Å². The van der Waals surface area contributed by atoms with E-state index in [0.29, 0.717) is 0 Å². The van der Waals surface area contributed by atoms with Gasteiger partial charge >= 0.3 is 0 Å². The molecule has 0 fully saturated rings. The minimum absolute atomic E-state index is 0.137. The van der Waals surface area contributed by atoms with Crippen molar-refractivity contribution in [3.63, 3.8) is 0 Å². The molecule has 2 aliphatic rings. The minimum Gasteiger partial charge on any atom is -0.343 e. The first-order valence-electron chi connectivity index (χ1n) is 11.8. The highest BCUT2D eigenvalue weighted by molar-refractivity contribution is 6.10. The van der Waals surface area contributed by atoms with Gasteiger partial charge in [0.05, 0.1) is 0 Å². The molecule has 1 aliphatic carbocycles. The predicted molar refractivity (Wildman–Crippen MR) is 142 cm³/mol. The Hall–Kier alpha value is -3.58. The molecule has 0 spiro atoms. The number of anilines is 1. The van der Waals surface area contributed by atoms with Crippen molar-refractivity contribution >= 4 is 16.8 Å². The minimum atomic E-state index is -0.137. The van der Waals surface area contributed by atoms with Gasteiger partial charge in [-0.2, -0.15) is 0 Å². The first-order valence-corrected chi connectivity index (χ1v) is 11.8. The van der Waals surface area contributed by atoms with E-state index in [4.69, 9.17) is 0 Å². The molecule has 3 aromatic carbocycles. The molecule has 1 aliphatic heterocycles. The normalized spacial score (nSPS) is 18.3. The third kappa shape index (κ3) is 3.68. The number of hydrogen-bond donors (Lipinski definition) is 0. The van der Waals surface area contributed by atoms with Crippen molar-refractivity contribution in [2.75, 3.05) is 4.90 Å². The lowest BCUT2D eigenvalue weighted by molar-refractivity contribution is 0.703. The van der Waals surface area contributed by atoms with Crippen LogP contribution in [0.25, 0.3) is 11.1 Å². The van der Waals surface area contributed by atoms with Gasteiger partial charge in [-0.1, -0.05) is 106 Å². The lowest BCUT2D eigenvalue weighted by atomic mass is 9.77. The second-order valence-corrected chi connectivity index (χ2v) is 9.56. The van der Waals surface area contributed by atoms with Crippen LogP contribution in [0.3, 0.4) is 0 Å². The van der Waals surface area contributed by atoms with Crippen LogP contribution in [0, 0.1) is 0 Å². The van der Waals surface area contributed by atoms with Gasteiger partial charge in [0.15, 0.2) is 0 Å². The van der Waals surface area contributed by atoms with Crippen molar-refractivity contribution in [1.29, 1.82) is 0 Å². The summed E-state index contributed by atoms with van der Waals surface area (Å²) in [5.74, 6) is 0. The van der Waals surface area contributed by atoms with Crippen molar-refractivity contribution in [3.05, 3.63) is 138 Å². The highest BCUT2D eigenvalue weighted by atomic mass is 15.1. The molecule has 3 aromatic rings. The molecule has 0 radical (unpaired) electrons. The van der Waals surface area contributed by atoms with Gasteiger partial charge in [-0.05, 0) is 57.9 Å². The molecule has 0 atom stereocenters. The molecule has 1 nitrogen and oxygen atoms in total. The SMILES string of the molecule is C=C1CC/C=C\N(Cc2ccccc2)c2ccccc2C2=C(C1=C)c1ccccc1C2(C)C. The molecule has 0 N–H and O–H groups in total. The third-order valence-electron chi connectivity index (χ3n) is 7.05. The van der Waals surface area contributed by atoms with Gasteiger partial charge in [0.1, 0.15) is 0 Å². The number of hydrogen-bond acceptors (Lipinski definition) is 1. The first-order chi connectivity index (χ1) is 16.0. The summed E-state index contributed by atoms with van der Waals surface area (Å²) in [6, 6.07) is 28.3. The van der Waals surface area contributed by atoms with Crippen molar-refractivity contribution in [1.82, 2.24) is 0 Å². The molecule has 164 valence electrons. The maximum atomic E-state index is 4.57. The molecule has 0 saturated heterocycles. The maximum Gasteiger partial charge on any atom is 0.0486 e. The fraction of sp³-hybridized carbons (Fsp3) is 0.188.